The summed E-state index contributed by atoms with van der Waals surface area (Å²) in [5.41, 5.74) is 1.30. The van der Waals surface area contributed by atoms with E-state index >= 15 is 0 Å². The maximum absolute atomic E-state index is 5.86. The third-order valence-electron chi connectivity index (χ3n) is 3.51. The molecule has 1 aromatic rings. The molecule has 0 bridgehead atoms. The van der Waals surface area contributed by atoms with Gasteiger partial charge in [-0.1, -0.05) is 26.3 Å². The van der Waals surface area contributed by atoms with E-state index in [4.69, 9.17) is 9.47 Å². The van der Waals surface area contributed by atoms with Crippen LogP contribution < -0.4 is 4.74 Å². The monoisotopic (exact) mass is 249 g/mol. The van der Waals surface area contributed by atoms with Crippen molar-refractivity contribution in [3.05, 3.63) is 23.9 Å². The van der Waals surface area contributed by atoms with Gasteiger partial charge >= 0.3 is 0 Å². The molecule has 0 saturated carbocycles. The van der Waals surface area contributed by atoms with Crippen molar-refractivity contribution in [1.29, 1.82) is 0 Å². The number of hydrogen-bond acceptors (Lipinski definition) is 3. The Kier molecular flexibility index (Phi) is 5.00. The van der Waals surface area contributed by atoms with Gasteiger partial charge in [-0.25, -0.2) is 4.98 Å². The minimum Gasteiger partial charge on any atom is -0.474 e. The molecule has 0 spiro atoms. The normalized spacial score (nSPS) is 18.6. The van der Waals surface area contributed by atoms with Gasteiger partial charge in [0.15, 0.2) is 0 Å². The van der Waals surface area contributed by atoms with Gasteiger partial charge in [-0.3, -0.25) is 0 Å². The van der Waals surface area contributed by atoms with Crippen LogP contribution in [0.3, 0.4) is 0 Å². The second-order valence-corrected chi connectivity index (χ2v) is 5.05. The molecule has 0 amide bonds. The third-order valence-corrected chi connectivity index (χ3v) is 3.51. The molecular weight excluding hydrogens is 226 g/mol. The van der Waals surface area contributed by atoms with Gasteiger partial charge in [0.05, 0.1) is 13.2 Å². The Morgan fingerprint density at radius 1 is 1.39 bits per heavy atom. The van der Waals surface area contributed by atoms with E-state index in [-0.39, 0.29) is 6.10 Å². The van der Waals surface area contributed by atoms with E-state index in [0.29, 0.717) is 5.92 Å². The number of aromatic nitrogens is 1. The van der Waals surface area contributed by atoms with Crippen LogP contribution in [0.15, 0.2) is 18.3 Å². The molecule has 1 fully saturated rings. The lowest BCUT2D eigenvalue weighted by atomic mass is 9.98. The van der Waals surface area contributed by atoms with Crippen molar-refractivity contribution in [2.75, 3.05) is 13.2 Å². The van der Waals surface area contributed by atoms with E-state index in [1.165, 1.54) is 18.4 Å². The van der Waals surface area contributed by atoms with Crippen molar-refractivity contribution in [3.8, 4) is 5.88 Å². The number of rotatable bonds is 5. The van der Waals surface area contributed by atoms with Crippen LogP contribution in [-0.2, 0) is 4.74 Å². The molecule has 2 heterocycles. The van der Waals surface area contributed by atoms with Gasteiger partial charge in [0, 0.05) is 25.1 Å². The second kappa shape index (κ2) is 6.74. The van der Waals surface area contributed by atoms with E-state index in [2.05, 4.69) is 24.9 Å². The lowest BCUT2D eigenvalue weighted by Crippen LogP contribution is -2.26. The topological polar surface area (TPSA) is 31.4 Å². The van der Waals surface area contributed by atoms with Gasteiger partial charge in [-0.2, -0.15) is 0 Å². The van der Waals surface area contributed by atoms with Crippen LogP contribution >= 0.6 is 0 Å². The molecule has 0 aliphatic carbocycles. The summed E-state index contributed by atoms with van der Waals surface area (Å²) in [4.78, 5) is 4.41. The highest BCUT2D eigenvalue weighted by Crippen LogP contribution is 2.22. The van der Waals surface area contributed by atoms with Gasteiger partial charge in [0.2, 0.25) is 5.88 Å². The molecule has 18 heavy (non-hydrogen) atoms. The minimum absolute atomic E-state index is 0.269. The van der Waals surface area contributed by atoms with Gasteiger partial charge in [0.25, 0.3) is 0 Å². The van der Waals surface area contributed by atoms with Gasteiger partial charge in [-0.05, 0) is 17.9 Å². The summed E-state index contributed by atoms with van der Waals surface area (Å²) in [5.74, 6) is 1.33. The number of nitrogens with zero attached hydrogens (tertiary/aromatic N) is 1. The molecule has 2 rings (SSSR count). The second-order valence-electron chi connectivity index (χ2n) is 5.05. The van der Waals surface area contributed by atoms with E-state index in [9.17, 15) is 0 Å². The van der Waals surface area contributed by atoms with Crippen LogP contribution in [0.5, 0.6) is 5.88 Å². The molecule has 1 unspecified atom stereocenters. The van der Waals surface area contributed by atoms with Crippen molar-refractivity contribution in [2.24, 2.45) is 0 Å². The Labute approximate surface area is 110 Å². The number of ether oxygens (including phenoxy) is 2. The molecule has 100 valence electrons. The van der Waals surface area contributed by atoms with Crippen LogP contribution in [0.2, 0.25) is 0 Å². The summed E-state index contributed by atoms with van der Waals surface area (Å²) >= 11 is 0. The quantitative estimate of drug-likeness (QED) is 0.799. The van der Waals surface area contributed by atoms with Gasteiger partial charge < -0.3 is 9.47 Å². The first-order chi connectivity index (χ1) is 8.79. The minimum atomic E-state index is 0.269. The Balaban J connectivity index is 1.90. The Morgan fingerprint density at radius 2 is 2.17 bits per heavy atom. The van der Waals surface area contributed by atoms with Crippen LogP contribution in [0, 0.1) is 0 Å². The third kappa shape index (κ3) is 3.70. The Morgan fingerprint density at radius 3 is 2.78 bits per heavy atom. The smallest absolute Gasteiger partial charge is 0.213 e. The molecule has 1 saturated heterocycles. The van der Waals surface area contributed by atoms with E-state index in [1.807, 2.05) is 12.3 Å². The summed E-state index contributed by atoms with van der Waals surface area (Å²) in [6, 6.07) is 4.14. The fourth-order valence-corrected chi connectivity index (χ4v) is 2.32. The first-order valence-corrected chi connectivity index (χ1v) is 7.00. The molecule has 3 nitrogen and oxygen atoms in total. The van der Waals surface area contributed by atoms with Crippen molar-refractivity contribution >= 4 is 0 Å². The van der Waals surface area contributed by atoms with Crippen LogP contribution in [0.25, 0.3) is 0 Å². The Bertz CT molecular complexity index is 344. The van der Waals surface area contributed by atoms with Crippen LogP contribution in [-0.4, -0.2) is 24.3 Å². The van der Waals surface area contributed by atoms with Gasteiger partial charge in [-0.15, -0.1) is 0 Å². The molecule has 0 radical (unpaired) electrons. The summed E-state index contributed by atoms with van der Waals surface area (Å²) in [5, 5.41) is 0. The fraction of sp³-hybridized carbons (Fsp3) is 0.667. The Hall–Kier alpha value is -1.09. The summed E-state index contributed by atoms with van der Waals surface area (Å²) in [6.07, 6.45) is 6.58. The predicted molar refractivity (Wildman–Crippen MR) is 72.0 cm³/mol. The van der Waals surface area contributed by atoms with E-state index in [0.717, 1.165) is 31.9 Å². The number of pyridine rings is 1. The maximum Gasteiger partial charge on any atom is 0.213 e. The van der Waals surface area contributed by atoms with E-state index < -0.39 is 0 Å². The summed E-state index contributed by atoms with van der Waals surface area (Å²) < 4.78 is 11.2. The molecule has 1 aromatic heterocycles. The fourth-order valence-electron chi connectivity index (χ4n) is 2.32. The lowest BCUT2D eigenvalue weighted by Gasteiger charge is -2.22. The lowest BCUT2D eigenvalue weighted by molar-refractivity contribution is 0.0237. The maximum atomic E-state index is 5.86. The average Bonchev–Trinajstić information content (AvgIpc) is 2.41. The highest BCUT2D eigenvalue weighted by atomic mass is 16.5. The van der Waals surface area contributed by atoms with Gasteiger partial charge in [0.1, 0.15) is 6.10 Å². The zero-order chi connectivity index (χ0) is 12.8. The predicted octanol–water partition coefficient (Wildman–Crippen LogP) is 3.54. The van der Waals surface area contributed by atoms with Crippen LogP contribution in [0.1, 0.15) is 51.0 Å². The molecular formula is C15H23NO2. The average molecular weight is 249 g/mol. The molecule has 0 N–H and O–H groups in total. The first kappa shape index (κ1) is 13.3. The molecule has 1 atom stereocenters. The van der Waals surface area contributed by atoms with Crippen LogP contribution in [0.4, 0.5) is 0 Å². The first-order valence-electron chi connectivity index (χ1n) is 7.00. The molecule has 1 aliphatic rings. The number of hydrogen-bond donors (Lipinski definition) is 0. The van der Waals surface area contributed by atoms with Crippen molar-refractivity contribution in [3.63, 3.8) is 0 Å². The van der Waals surface area contributed by atoms with Crippen molar-refractivity contribution in [1.82, 2.24) is 4.98 Å². The highest BCUT2D eigenvalue weighted by molar-refractivity contribution is 5.20. The summed E-state index contributed by atoms with van der Waals surface area (Å²) in [6.45, 7) is 6.07. The van der Waals surface area contributed by atoms with Crippen molar-refractivity contribution in [2.45, 2.75) is 51.6 Å². The standard InChI is InChI=1S/C15H23NO2/c1-3-4-12(2)13-5-6-15(16-11-13)18-14-7-9-17-10-8-14/h5-6,11-12,14H,3-4,7-10H2,1-2H3. The molecule has 1 aliphatic heterocycles. The zero-order valence-corrected chi connectivity index (χ0v) is 11.4. The largest absolute Gasteiger partial charge is 0.474 e. The zero-order valence-electron chi connectivity index (χ0n) is 11.4. The van der Waals surface area contributed by atoms with E-state index in [1.54, 1.807) is 0 Å². The SMILES string of the molecule is CCCC(C)c1ccc(OC2CCOCC2)nc1. The molecule has 3 heteroatoms. The molecule has 0 aromatic carbocycles. The van der Waals surface area contributed by atoms with Crippen molar-refractivity contribution < 1.29 is 9.47 Å². The highest BCUT2D eigenvalue weighted by Gasteiger charge is 2.15. The summed E-state index contributed by atoms with van der Waals surface area (Å²) in [7, 11) is 0.